The van der Waals surface area contributed by atoms with Crippen molar-refractivity contribution in [2.45, 2.75) is 44.0 Å². The molecular formula is C17H22F3N3O. The van der Waals surface area contributed by atoms with E-state index in [4.69, 9.17) is 10.5 Å². The van der Waals surface area contributed by atoms with Crippen LogP contribution >= 0.6 is 0 Å². The zero-order valence-corrected chi connectivity index (χ0v) is 13.6. The van der Waals surface area contributed by atoms with Gasteiger partial charge in [0.15, 0.2) is 5.96 Å². The number of rotatable bonds is 2. The lowest BCUT2D eigenvalue weighted by molar-refractivity contribution is -0.137. The van der Waals surface area contributed by atoms with E-state index in [2.05, 4.69) is 4.99 Å². The lowest BCUT2D eigenvalue weighted by Crippen LogP contribution is -2.48. The number of hydrogen-bond acceptors (Lipinski definition) is 2. The van der Waals surface area contributed by atoms with E-state index in [1.165, 1.54) is 12.1 Å². The molecule has 3 rings (SSSR count). The summed E-state index contributed by atoms with van der Waals surface area (Å²) in [7, 11) is 0. The first-order valence-electron chi connectivity index (χ1n) is 8.20. The van der Waals surface area contributed by atoms with Crippen molar-refractivity contribution in [3.05, 3.63) is 35.4 Å². The molecule has 132 valence electrons. The number of halogens is 3. The monoisotopic (exact) mass is 341 g/mol. The maximum Gasteiger partial charge on any atom is 0.416 e. The van der Waals surface area contributed by atoms with Gasteiger partial charge in [-0.15, -0.1) is 0 Å². The zero-order chi connectivity index (χ0) is 17.3. The minimum Gasteiger partial charge on any atom is -0.375 e. The third-order valence-electron chi connectivity index (χ3n) is 4.68. The summed E-state index contributed by atoms with van der Waals surface area (Å²) in [5, 5.41) is 0. The first kappa shape index (κ1) is 17.1. The highest BCUT2D eigenvalue weighted by Crippen LogP contribution is 2.40. The van der Waals surface area contributed by atoms with Crippen molar-refractivity contribution in [1.29, 1.82) is 0 Å². The Morgan fingerprint density at radius 2 is 2.08 bits per heavy atom. The summed E-state index contributed by atoms with van der Waals surface area (Å²) >= 11 is 0. The second-order valence-electron chi connectivity index (χ2n) is 6.56. The fourth-order valence-corrected chi connectivity index (χ4v) is 3.23. The number of aliphatic imine (C=N–C) groups is 1. The third kappa shape index (κ3) is 3.83. The fraction of sp³-hybridized carbons (Fsp3) is 0.588. The first-order chi connectivity index (χ1) is 11.3. The van der Waals surface area contributed by atoms with Gasteiger partial charge in [0.25, 0.3) is 0 Å². The van der Waals surface area contributed by atoms with E-state index >= 15 is 0 Å². The van der Waals surface area contributed by atoms with Crippen LogP contribution in [0.25, 0.3) is 0 Å². The second kappa shape index (κ2) is 6.63. The molecule has 1 aromatic carbocycles. The van der Waals surface area contributed by atoms with Gasteiger partial charge in [0, 0.05) is 13.1 Å². The Hall–Kier alpha value is -1.76. The molecule has 0 aromatic heterocycles. The number of morpholine rings is 1. The van der Waals surface area contributed by atoms with Crippen LogP contribution in [0, 0.1) is 0 Å². The SMILES string of the molecule is CC1CN(C(N)=NC2CC(c3cccc(C(F)(F)F)c3)C2)CCO1. The van der Waals surface area contributed by atoms with E-state index in [0.717, 1.165) is 37.6 Å². The number of alkyl halides is 3. The lowest BCUT2D eigenvalue weighted by atomic mass is 9.76. The Kier molecular flexibility index (Phi) is 4.71. The minimum absolute atomic E-state index is 0.0858. The van der Waals surface area contributed by atoms with Crippen LogP contribution in [0.4, 0.5) is 13.2 Å². The van der Waals surface area contributed by atoms with Crippen LogP contribution < -0.4 is 5.73 Å². The van der Waals surface area contributed by atoms with Gasteiger partial charge in [0.2, 0.25) is 0 Å². The maximum atomic E-state index is 12.8. The Morgan fingerprint density at radius 1 is 1.33 bits per heavy atom. The molecule has 1 aliphatic heterocycles. The van der Waals surface area contributed by atoms with Gasteiger partial charge in [-0.2, -0.15) is 13.2 Å². The summed E-state index contributed by atoms with van der Waals surface area (Å²) in [6, 6.07) is 5.67. The zero-order valence-electron chi connectivity index (χ0n) is 13.6. The van der Waals surface area contributed by atoms with E-state index in [1.807, 2.05) is 11.8 Å². The highest BCUT2D eigenvalue weighted by molar-refractivity contribution is 5.78. The molecule has 4 nitrogen and oxygen atoms in total. The number of benzene rings is 1. The highest BCUT2D eigenvalue weighted by Gasteiger charge is 2.34. The van der Waals surface area contributed by atoms with Crippen LogP contribution in [0.3, 0.4) is 0 Å². The van der Waals surface area contributed by atoms with Crippen LogP contribution in [-0.4, -0.2) is 42.7 Å². The number of nitrogens with zero attached hydrogens (tertiary/aromatic N) is 2. The lowest BCUT2D eigenvalue weighted by Gasteiger charge is -2.36. The Morgan fingerprint density at radius 3 is 2.75 bits per heavy atom. The molecular weight excluding hydrogens is 319 g/mol. The molecule has 2 N–H and O–H groups in total. The van der Waals surface area contributed by atoms with Crippen molar-refractivity contribution in [3.63, 3.8) is 0 Å². The molecule has 0 radical (unpaired) electrons. The van der Waals surface area contributed by atoms with Gasteiger partial charge in [-0.1, -0.05) is 18.2 Å². The van der Waals surface area contributed by atoms with E-state index in [9.17, 15) is 13.2 Å². The molecule has 2 fully saturated rings. The van der Waals surface area contributed by atoms with Crippen molar-refractivity contribution in [2.75, 3.05) is 19.7 Å². The van der Waals surface area contributed by atoms with Crippen LogP contribution in [0.15, 0.2) is 29.3 Å². The molecule has 1 unspecified atom stereocenters. The normalized spacial score (nSPS) is 28.6. The van der Waals surface area contributed by atoms with Crippen LogP contribution in [-0.2, 0) is 10.9 Å². The van der Waals surface area contributed by atoms with Crippen LogP contribution in [0.5, 0.6) is 0 Å². The van der Waals surface area contributed by atoms with Crippen molar-refractivity contribution in [2.24, 2.45) is 10.7 Å². The molecule has 1 aromatic rings. The van der Waals surface area contributed by atoms with Gasteiger partial charge in [0.05, 0.1) is 24.3 Å². The van der Waals surface area contributed by atoms with Gasteiger partial charge in [-0.25, -0.2) is 4.99 Å². The average molecular weight is 341 g/mol. The van der Waals surface area contributed by atoms with Crippen molar-refractivity contribution < 1.29 is 17.9 Å². The van der Waals surface area contributed by atoms with Gasteiger partial charge in [-0.3, -0.25) is 0 Å². The van der Waals surface area contributed by atoms with Gasteiger partial charge < -0.3 is 15.4 Å². The quantitative estimate of drug-likeness (QED) is 0.665. The number of guanidine groups is 1. The van der Waals surface area contributed by atoms with Gasteiger partial charge in [-0.05, 0) is 37.3 Å². The molecule has 1 atom stereocenters. The van der Waals surface area contributed by atoms with Crippen molar-refractivity contribution in [3.8, 4) is 0 Å². The summed E-state index contributed by atoms with van der Waals surface area (Å²) in [6.45, 7) is 4.07. The van der Waals surface area contributed by atoms with Crippen molar-refractivity contribution >= 4 is 5.96 Å². The van der Waals surface area contributed by atoms with E-state index in [0.29, 0.717) is 12.6 Å². The first-order valence-corrected chi connectivity index (χ1v) is 8.20. The molecule has 24 heavy (non-hydrogen) atoms. The molecule has 1 aliphatic carbocycles. The summed E-state index contributed by atoms with van der Waals surface area (Å²) in [5.74, 6) is 0.634. The average Bonchev–Trinajstić information content (AvgIpc) is 2.49. The number of nitrogens with two attached hydrogens (primary N) is 1. The summed E-state index contributed by atoms with van der Waals surface area (Å²) in [4.78, 5) is 6.54. The summed E-state index contributed by atoms with van der Waals surface area (Å²) in [5.41, 5.74) is 6.20. The third-order valence-corrected chi connectivity index (χ3v) is 4.68. The minimum atomic E-state index is -4.30. The Balaban J connectivity index is 1.58. The maximum absolute atomic E-state index is 12.8. The van der Waals surface area contributed by atoms with E-state index in [1.54, 1.807) is 6.07 Å². The van der Waals surface area contributed by atoms with E-state index < -0.39 is 11.7 Å². The van der Waals surface area contributed by atoms with Crippen LogP contribution in [0.2, 0.25) is 0 Å². The molecule has 7 heteroatoms. The molecule has 2 aliphatic rings. The van der Waals surface area contributed by atoms with Gasteiger partial charge in [0.1, 0.15) is 0 Å². The van der Waals surface area contributed by atoms with Crippen LogP contribution in [0.1, 0.15) is 36.8 Å². The largest absolute Gasteiger partial charge is 0.416 e. The summed E-state index contributed by atoms with van der Waals surface area (Å²) in [6.07, 6.45) is -2.69. The smallest absolute Gasteiger partial charge is 0.375 e. The second-order valence-corrected chi connectivity index (χ2v) is 6.56. The van der Waals surface area contributed by atoms with Crippen molar-refractivity contribution in [1.82, 2.24) is 4.90 Å². The summed E-state index contributed by atoms with van der Waals surface area (Å²) < 4.78 is 43.8. The Labute approximate surface area is 139 Å². The molecule has 1 saturated carbocycles. The number of hydrogen-bond donors (Lipinski definition) is 1. The molecule has 0 bridgehead atoms. The molecule has 1 saturated heterocycles. The molecule has 0 amide bonds. The predicted octanol–water partition coefficient (Wildman–Crippen LogP) is 2.99. The van der Waals surface area contributed by atoms with Gasteiger partial charge >= 0.3 is 6.18 Å². The van der Waals surface area contributed by atoms with E-state index in [-0.39, 0.29) is 18.1 Å². The highest BCUT2D eigenvalue weighted by atomic mass is 19.4. The Bertz CT molecular complexity index is 611. The fourth-order valence-electron chi connectivity index (χ4n) is 3.23. The molecule has 1 heterocycles. The topological polar surface area (TPSA) is 50.8 Å². The standard InChI is InChI=1S/C17H22F3N3O/c1-11-10-23(5-6-24-11)16(21)22-15-8-13(9-15)12-3-2-4-14(7-12)17(18,19)20/h2-4,7,11,13,15H,5-6,8-10H2,1H3,(H2,21,22). The predicted molar refractivity (Wildman–Crippen MR) is 85.8 cm³/mol. The number of ether oxygens (including phenoxy) is 1. The molecule has 0 spiro atoms.